The van der Waals surface area contributed by atoms with E-state index in [1.165, 1.54) is 11.8 Å². The van der Waals surface area contributed by atoms with E-state index in [2.05, 4.69) is 5.32 Å². The smallest absolute Gasteiger partial charge is 0.278 e. The van der Waals surface area contributed by atoms with Crippen molar-refractivity contribution in [2.24, 2.45) is 0 Å². The Morgan fingerprint density at radius 3 is 2.24 bits per heavy atom. The Labute approximate surface area is 215 Å². The molecule has 1 aliphatic heterocycles. The van der Waals surface area contributed by atoms with Gasteiger partial charge in [-0.1, -0.05) is 70.3 Å². The Morgan fingerprint density at radius 2 is 1.55 bits per heavy atom. The number of nitrogens with zero attached hydrogens (tertiary/aromatic N) is 1. The van der Waals surface area contributed by atoms with Gasteiger partial charge in [0, 0.05) is 30.7 Å². The zero-order chi connectivity index (χ0) is 23.7. The predicted molar refractivity (Wildman–Crippen MR) is 136 cm³/mol. The van der Waals surface area contributed by atoms with Crippen LogP contribution in [0.25, 0.3) is 0 Å². The van der Waals surface area contributed by atoms with E-state index < -0.39 is 11.8 Å². The monoisotopic (exact) mass is 536 g/mol. The fraction of sp³-hybridized carbons (Fsp3) is 0.0833. The van der Waals surface area contributed by atoms with Gasteiger partial charge in [-0.2, -0.15) is 0 Å². The molecule has 0 saturated carbocycles. The third-order valence-corrected chi connectivity index (χ3v) is 7.37. The third-order valence-electron chi connectivity index (χ3n) is 5.03. The van der Waals surface area contributed by atoms with Gasteiger partial charge < -0.3 is 5.32 Å². The van der Waals surface area contributed by atoms with Crippen LogP contribution in [0.15, 0.2) is 76.2 Å². The molecular weight excluding hydrogens is 522 g/mol. The van der Waals surface area contributed by atoms with E-state index in [4.69, 9.17) is 46.4 Å². The van der Waals surface area contributed by atoms with E-state index in [0.717, 1.165) is 15.4 Å². The summed E-state index contributed by atoms with van der Waals surface area (Å²) in [5, 5.41) is 5.11. The number of hydrogen-bond acceptors (Lipinski definition) is 4. The van der Waals surface area contributed by atoms with E-state index in [1.54, 1.807) is 60.7 Å². The molecule has 3 aromatic rings. The minimum absolute atomic E-state index is 0.0120. The first-order valence-electron chi connectivity index (χ1n) is 9.74. The van der Waals surface area contributed by atoms with Crippen LogP contribution in [-0.2, 0) is 16.1 Å². The standard InChI is InChI=1S/C24H16Cl4N2O2S/c1-13-18(27)3-2-4-20(13)29-21-22(33-17-9-7-15(25)8-10-17)24(32)30(23(21)31)12-14-5-6-16(26)11-19(14)28/h2-11,29H,12H2,1H3. The second-order valence-electron chi connectivity index (χ2n) is 7.23. The lowest BCUT2D eigenvalue weighted by Gasteiger charge is -2.17. The Bertz CT molecular complexity index is 1290. The number of carbonyl (C=O) groups excluding carboxylic acids is 2. The lowest BCUT2D eigenvalue weighted by atomic mass is 10.2. The van der Waals surface area contributed by atoms with Crippen LogP contribution in [-0.4, -0.2) is 16.7 Å². The summed E-state index contributed by atoms with van der Waals surface area (Å²) in [6.45, 7) is 1.85. The molecule has 168 valence electrons. The summed E-state index contributed by atoms with van der Waals surface area (Å²) < 4.78 is 0. The quantitative estimate of drug-likeness (QED) is 0.329. The number of anilines is 1. The highest BCUT2D eigenvalue weighted by atomic mass is 35.5. The Kier molecular flexibility index (Phi) is 7.27. The van der Waals surface area contributed by atoms with Crippen LogP contribution in [0.4, 0.5) is 5.69 Å². The van der Waals surface area contributed by atoms with Crippen LogP contribution in [0, 0.1) is 6.92 Å². The first kappa shape index (κ1) is 24.0. The van der Waals surface area contributed by atoms with Gasteiger partial charge in [-0.3, -0.25) is 14.5 Å². The molecule has 9 heteroatoms. The summed E-state index contributed by atoms with van der Waals surface area (Å²) in [5.41, 5.74) is 2.19. The summed E-state index contributed by atoms with van der Waals surface area (Å²) in [5.74, 6) is -0.880. The topological polar surface area (TPSA) is 49.4 Å². The van der Waals surface area contributed by atoms with Crippen molar-refractivity contribution in [2.75, 3.05) is 5.32 Å². The second-order valence-corrected chi connectivity index (χ2v) is 10.0. The first-order valence-corrected chi connectivity index (χ1v) is 12.1. The summed E-state index contributed by atoms with van der Waals surface area (Å²) in [6.07, 6.45) is 0. The zero-order valence-electron chi connectivity index (χ0n) is 17.2. The highest BCUT2D eigenvalue weighted by Gasteiger charge is 2.39. The molecule has 33 heavy (non-hydrogen) atoms. The molecule has 0 saturated heterocycles. The Hall–Kier alpha value is -2.15. The number of thioether (sulfide) groups is 1. The first-order chi connectivity index (χ1) is 15.7. The number of amides is 2. The number of benzene rings is 3. The van der Waals surface area contributed by atoms with Crippen LogP contribution in [0.3, 0.4) is 0 Å². The van der Waals surface area contributed by atoms with Gasteiger partial charge in [0.2, 0.25) is 0 Å². The molecule has 0 radical (unpaired) electrons. The van der Waals surface area contributed by atoms with E-state index >= 15 is 0 Å². The molecule has 0 aliphatic carbocycles. The molecular formula is C24H16Cl4N2O2S. The average Bonchev–Trinajstić information content (AvgIpc) is 2.99. The maximum Gasteiger partial charge on any atom is 0.278 e. The molecule has 0 aromatic heterocycles. The minimum Gasteiger partial charge on any atom is -0.350 e. The van der Waals surface area contributed by atoms with Crippen LogP contribution in [0.1, 0.15) is 11.1 Å². The molecule has 0 atom stereocenters. The zero-order valence-corrected chi connectivity index (χ0v) is 21.0. The molecule has 4 rings (SSSR count). The van der Waals surface area contributed by atoms with Crippen molar-refractivity contribution in [3.63, 3.8) is 0 Å². The number of halogens is 4. The van der Waals surface area contributed by atoms with Crippen LogP contribution in [0.5, 0.6) is 0 Å². The molecule has 0 unspecified atom stereocenters. The van der Waals surface area contributed by atoms with Crippen molar-refractivity contribution < 1.29 is 9.59 Å². The van der Waals surface area contributed by atoms with Crippen molar-refractivity contribution in [2.45, 2.75) is 18.4 Å². The average molecular weight is 538 g/mol. The number of carbonyl (C=O) groups is 2. The predicted octanol–water partition coefficient (Wildman–Crippen LogP) is 7.59. The molecule has 1 N–H and O–H groups in total. The molecule has 1 aliphatic rings. The largest absolute Gasteiger partial charge is 0.350 e. The van der Waals surface area contributed by atoms with Crippen LogP contribution < -0.4 is 5.32 Å². The SMILES string of the molecule is Cc1c(Cl)cccc1NC1=C(Sc2ccc(Cl)cc2)C(=O)N(Cc2ccc(Cl)cc2Cl)C1=O. The van der Waals surface area contributed by atoms with E-state index in [9.17, 15) is 9.59 Å². The van der Waals surface area contributed by atoms with Crippen molar-refractivity contribution in [1.82, 2.24) is 4.90 Å². The molecule has 2 amide bonds. The molecule has 0 spiro atoms. The van der Waals surface area contributed by atoms with Gasteiger partial charge in [-0.25, -0.2) is 0 Å². The molecule has 3 aromatic carbocycles. The van der Waals surface area contributed by atoms with Gasteiger partial charge in [-0.15, -0.1) is 0 Å². The normalized spacial score (nSPS) is 13.8. The van der Waals surface area contributed by atoms with Gasteiger partial charge in [0.1, 0.15) is 10.6 Å². The lowest BCUT2D eigenvalue weighted by molar-refractivity contribution is -0.137. The minimum atomic E-state index is -0.457. The summed E-state index contributed by atoms with van der Waals surface area (Å²) in [7, 11) is 0. The summed E-state index contributed by atoms with van der Waals surface area (Å²) >= 11 is 25.7. The fourth-order valence-corrected chi connectivity index (χ4v) is 4.94. The summed E-state index contributed by atoms with van der Waals surface area (Å²) in [4.78, 5) is 29.0. The maximum atomic E-state index is 13.4. The fourth-order valence-electron chi connectivity index (χ4n) is 3.22. The van der Waals surface area contributed by atoms with Crippen molar-refractivity contribution >= 4 is 75.7 Å². The number of nitrogens with one attached hydrogen (secondary N) is 1. The number of hydrogen-bond donors (Lipinski definition) is 1. The van der Waals surface area contributed by atoms with E-state index in [0.29, 0.717) is 31.3 Å². The third kappa shape index (κ3) is 5.18. The number of imide groups is 1. The van der Waals surface area contributed by atoms with Gasteiger partial charge in [0.25, 0.3) is 11.8 Å². The van der Waals surface area contributed by atoms with Gasteiger partial charge in [0.15, 0.2) is 0 Å². The Morgan fingerprint density at radius 1 is 0.848 bits per heavy atom. The van der Waals surface area contributed by atoms with Gasteiger partial charge >= 0.3 is 0 Å². The lowest BCUT2D eigenvalue weighted by Crippen LogP contribution is -2.32. The summed E-state index contributed by atoms with van der Waals surface area (Å²) in [6, 6.07) is 17.3. The highest BCUT2D eigenvalue weighted by Crippen LogP contribution is 2.38. The van der Waals surface area contributed by atoms with E-state index in [-0.39, 0.29) is 17.1 Å². The second kappa shape index (κ2) is 10.00. The van der Waals surface area contributed by atoms with Crippen molar-refractivity contribution in [1.29, 1.82) is 0 Å². The number of rotatable bonds is 6. The van der Waals surface area contributed by atoms with Crippen LogP contribution in [0.2, 0.25) is 20.1 Å². The van der Waals surface area contributed by atoms with E-state index in [1.807, 2.05) is 6.92 Å². The van der Waals surface area contributed by atoms with Crippen molar-refractivity contribution in [3.8, 4) is 0 Å². The van der Waals surface area contributed by atoms with Gasteiger partial charge in [-0.05, 0) is 66.6 Å². The maximum absolute atomic E-state index is 13.4. The molecule has 0 fully saturated rings. The van der Waals surface area contributed by atoms with Crippen molar-refractivity contribution in [3.05, 3.63) is 102 Å². The molecule has 1 heterocycles. The highest BCUT2D eigenvalue weighted by molar-refractivity contribution is 8.04. The molecule has 4 nitrogen and oxygen atoms in total. The molecule has 0 bridgehead atoms. The van der Waals surface area contributed by atoms with Gasteiger partial charge in [0.05, 0.1) is 6.54 Å². The van der Waals surface area contributed by atoms with Crippen LogP contribution >= 0.6 is 58.2 Å². The Balaban J connectivity index is 1.71.